The fourth-order valence-corrected chi connectivity index (χ4v) is 3.70. The Balaban J connectivity index is 1.38. The molecule has 0 radical (unpaired) electrons. The Morgan fingerprint density at radius 2 is 2.00 bits per heavy atom. The Hall–Kier alpha value is -0.540. The highest BCUT2D eigenvalue weighted by Gasteiger charge is 2.13. The molecule has 0 aliphatic carbocycles. The summed E-state index contributed by atoms with van der Waals surface area (Å²) in [5, 5.41) is 0. The molecule has 0 bridgehead atoms. The molecule has 3 heteroatoms. The summed E-state index contributed by atoms with van der Waals surface area (Å²) in [5.74, 6) is 1.27. The second-order valence-corrected chi connectivity index (χ2v) is 6.77. The number of hydrogen-bond donors (Lipinski definition) is 0. The lowest BCUT2D eigenvalue weighted by Gasteiger charge is -2.21. The molecular weight excluding hydrogens is 266 g/mol. The normalized spacial score (nSPS) is 19.1. The lowest BCUT2D eigenvalue weighted by molar-refractivity contribution is 0.0728. The highest BCUT2D eigenvalue weighted by atomic mass is 32.2. The maximum absolute atomic E-state index is 5.73. The Morgan fingerprint density at radius 1 is 1.10 bits per heavy atom. The maximum Gasteiger partial charge on any atom is 0.103 e. The quantitative estimate of drug-likeness (QED) is 0.609. The van der Waals surface area contributed by atoms with Crippen LogP contribution in [0, 0.1) is 0 Å². The monoisotopic (exact) mass is 293 g/mol. The van der Waals surface area contributed by atoms with Crippen molar-refractivity contribution in [3.05, 3.63) is 30.1 Å². The van der Waals surface area contributed by atoms with Crippen molar-refractivity contribution in [2.75, 3.05) is 12.4 Å². The number of rotatable bonds is 9. The fourth-order valence-electron chi connectivity index (χ4n) is 2.54. The van der Waals surface area contributed by atoms with E-state index in [1.807, 2.05) is 24.0 Å². The molecule has 1 fully saturated rings. The average molecular weight is 293 g/mol. The molecule has 112 valence electrons. The van der Waals surface area contributed by atoms with Crippen molar-refractivity contribution < 1.29 is 4.74 Å². The molecule has 1 aliphatic rings. The second-order valence-electron chi connectivity index (χ2n) is 5.51. The third-order valence-electron chi connectivity index (χ3n) is 3.75. The molecule has 1 aliphatic heterocycles. The number of unbranched alkanes of at least 4 members (excludes halogenated alkanes) is 4. The topological polar surface area (TPSA) is 22.1 Å². The van der Waals surface area contributed by atoms with Crippen LogP contribution in [0.4, 0.5) is 0 Å². The number of aryl methyl sites for hydroxylation is 1. The van der Waals surface area contributed by atoms with E-state index in [0.29, 0.717) is 5.44 Å². The summed E-state index contributed by atoms with van der Waals surface area (Å²) >= 11 is 2.03. The van der Waals surface area contributed by atoms with E-state index in [1.165, 1.54) is 62.8 Å². The zero-order valence-electron chi connectivity index (χ0n) is 12.4. The molecule has 2 rings (SSSR count). The van der Waals surface area contributed by atoms with Crippen LogP contribution in [0.3, 0.4) is 0 Å². The molecule has 1 saturated heterocycles. The fraction of sp³-hybridized carbons (Fsp3) is 0.706. The molecule has 1 atom stereocenters. The number of thioether (sulfide) groups is 1. The Kier molecular flexibility index (Phi) is 8.10. The first kappa shape index (κ1) is 15.8. The summed E-state index contributed by atoms with van der Waals surface area (Å²) in [6, 6.07) is 6.19. The molecule has 2 nitrogen and oxygen atoms in total. The van der Waals surface area contributed by atoms with E-state index >= 15 is 0 Å². The van der Waals surface area contributed by atoms with E-state index in [9.17, 15) is 0 Å². The highest BCUT2D eigenvalue weighted by molar-refractivity contribution is 7.99. The summed E-state index contributed by atoms with van der Waals surface area (Å²) in [5.41, 5.74) is 1.73. The molecule has 1 unspecified atom stereocenters. The predicted octanol–water partition coefficient (Wildman–Crippen LogP) is 4.83. The number of aromatic nitrogens is 1. The molecule has 0 aromatic carbocycles. The lowest BCUT2D eigenvalue weighted by Crippen LogP contribution is -2.15. The molecule has 0 spiro atoms. The van der Waals surface area contributed by atoms with Crippen molar-refractivity contribution in [2.24, 2.45) is 0 Å². The third-order valence-corrected chi connectivity index (χ3v) is 5.01. The van der Waals surface area contributed by atoms with Gasteiger partial charge >= 0.3 is 0 Å². The van der Waals surface area contributed by atoms with Crippen molar-refractivity contribution in [3.8, 4) is 0 Å². The smallest absolute Gasteiger partial charge is 0.103 e. The van der Waals surface area contributed by atoms with Gasteiger partial charge in [0.05, 0.1) is 0 Å². The molecule has 0 amide bonds. The van der Waals surface area contributed by atoms with Gasteiger partial charge < -0.3 is 4.74 Å². The lowest BCUT2D eigenvalue weighted by atomic mass is 10.1. The summed E-state index contributed by atoms with van der Waals surface area (Å²) in [6.45, 7) is 0.977. The van der Waals surface area contributed by atoms with Gasteiger partial charge in [-0.05, 0) is 56.4 Å². The molecule has 20 heavy (non-hydrogen) atoms. The van der Waals surface area contributed by atoms with Crippen LogP contribution in [-0.4, -0.2) is 22.8 Å². The van der Waals surface area contributed by atoms with Crippen LogP contribution in [0.2, 0.25) is 0 Å². The first-order valence-electron chi connectivity index (χ1n) is 8.08. The molecule has 0 saturated carbocycles. The first-order chi connectivity index (χ1) is 9.95. The van der Waals surface area contributed by atoms with Gasteiger partial charge in [0.2, 0.25) is 0 Å². The minimum Gasteiger partial charge on any atom is -0.368 e. The van der Waals surface area contributed by atoms with Gasteiger partial charge in [-0.2, -0.15) is 0 Å². The molecule has 2 heterocycles. The molecular formula is C17H27NOS. The van der Waals surface area contributed by atoms with E-state index in [2.05, 4.69) is 17.1 Å². The largest absolute Gasteiger partial charge is 0.368 e. The van der Waals surface area contributed by atoms with Crippen LogP contribution in [0.1, 0.15) is 57.1 Å². The van der Waals surface area contributed by atoms with Gasteiger partial charge in [-0.3, -0.25) is 4.98 Å². The van der Waals surface area contributed by atoms with Crippen molar-refractivity contribution >= 4 is 11.8 Å². The number of ether oxygens (including phenoxy) is 1. The van der Waals surface area contributed by atoms with Gasteiger partial charge in [0, 0.05) is 18.5 Å². The van der Waals surface area contributed by atoms with E-state index in [4.69, 9.17) is 4.74 Å². The predicted molar refractivity (Wildman–Crippen MR) is 87.1 cm³/mol. The van der Waals surface area contributed by atoms with Crippen LogP contribution in [0.5, 0.6) is 0 Å². The summed E-state index contributed by atoms with van der Waals surface area (Å²) in [6.07, 6.45) is 13.6. The van der Waals surface area contributed by atoms with Crippen molar-refractivity contribution in [1.82, 2.24) is 4.98 Å². The van der Waals surface area contributed by atoms with Crippen LogP contribution < -0.4 is 0 Å². The zero-order chi connectivity index (χ0) is 13.9. The van der Waals surface area contributed by atoms with E-state index in [0.717, 1.165) is 13.0 Å². The minimum atomic E-state index is 0.493. The van der Waals surface area contributed by atoms with Crippen molar-refractivity contribution in [2.45, 2.75) is 63.2 Å². The summed E-state index contributed by atoms with van der Waals surface area (Å²) in [4.78, 5) is 4.36. The number of hydrogen-bond acceptors (Lipinski definition) is 3. The van der Waals surface area contributed by atoms with Crippen LogP contribution >= 0.6 is 11.8 Å². The molecule has 1 aromatic rings. The van der Waals surface area contributed by atoms with Crippen LogP contribution in [0.15, 0.2) is 24.4 Å². The van der Waals surface area contributed by atoms with E-state index < -0.39 is 0 Å². The number of nitrogens with zero attached hydrogens (tertiary/aromatic N) is 1. The average Bonchev–Trinajstić information content (AvgIpc) is 2.52. The second kappa shape index (κ2) is 10.2. The van der Waals surface area contributed by atoms with Gasteiger partial charge in [-0.25, -0.2) is 0 Å². The zero-order valence-corrected chi connectivity index (χ0v) is 13.2. The van der Waals surface area contributed by atoms with Gasteiger partial charge in [0.1, 0.15) is 5.44 Å². The van der Waals surface area contributed by atoms with Gasteiger partial charge in [0.25, 0.3) is 0 Å². The number of pyridine rings is 1. The van der Waals surface area contributed by atoms with Crippen molar-refractivity contribution in [3.63, 3.8) is 0 Å². The standard InChI is InChI=1S/C17H27NOS/c1(2-4-10-16-11-5-7-13-18-16)3-9-15-20-17-12-6-8-14-19-17/h5,7,11,13,17H,1-4,6,8-10,12,14-15H2. The first-order valence-corrected chi connectivity index (χ1v) is 9.13. The SMILES string of the molecule is c1ccc(CCCCCCCSC2CCCCO2)nc1. The van der Waals surface area contributed by atoms with Crippen molar-refractivity contribution in [1.29, 1.82) is 0 Å². The van der Waals surface area contributed by atoms with Crippen LogP contribution in [0.25, 0.3) is 0 Å². The maximum atomic E-state index is 5.73. The third kappa shape index (κ3) is 6.76. The minimum absolute atomic E-state index is 0.493. The Morgan fingerprint density at radius 3 is 2.80 bits per heavy atom. The van der Waals surface area contributed by atoms with Crippen LogP contribution in [-0.2, 0) is 11.2 Å². The van der Waals surface area contributed by atoms with E-state index in [1.54, 1.807) is 0 Å². The molecule has 1 aromatic heterocycles. The summed E-state index contributed by atoms with van der Waals surface area (Å²) in [7, 11) is 0. The Bertz CT molecular complexity index is 338. The molecule has 0 N–H and O–H groups in total. The summed E-state index contributed by atoms with van der Waals surface area (Å²) < 4.78 is 5.73. The van der Waals surface area contributed by atoms with E-state index in [-0.39, 0.29) is 0 Å². The Labute approximate surface area is 127 Å². The van der Waals surface area contributed by atoms with Gasteiger partial charge in [0.15, 0.2) is 0 Å². The van der Waals surface area contributed by atoms with Gasteiger partial charge in [-0.15, -0.1) is 11.8 Å². The van der Waals surface area contributed by atoms with Gasteiger partial charge in [-0.1, -0.05) is 25.3 Å². The highest BCUT2D eigenvalue weighted by Crippen LogP contribution is 2.24.